The summed E-state index contributed by atoms with van der Waals surface area (Å²) in [5, 5.41) is 31.7. The molecule has 0 aliphatic carbocycles. The first kappa shape index (κ1) is 21.1. The van der Waals surface area contributed by atoms with Crippen LogP contribution in [-0.4, -0.2) is 42.9 Å². The number of para-hydroxylation sites is 1. The third kappa shape index (κ3) is 4.62. The van der Waals surface area contributed by atoms with Gasteiger partial charge in [0.2, 0.25) is 5.82 Å². The summed E-state index contributed by atoms with van der Waals surface area (Å²) in [6.07, 6.45) is 2.72. The summed E-state index contributed by atoms with van der Waals surface area (Å²) in [6.45, 7) is 0. The van der Waals surface area contributed by atoms with Crippen LogP contribution in [0.2, 0.25) is 0 Å². The molecule has 4 rings (SSSR count). The van der Waals surface area contributed by atoms with Crippen LogP contribution in [-0.2, 0) is 4.79 Å². The van der Waals surface area contributed by atoms with Gasteiger partial charge >= 0.3 is 0 Å². The molecule has 2 aromatic heterocycles. The van der Waals surface area contributed by atoms with Crippen molar-refractivity contribution >= 4 is 23.9 Å². The Kier molecular flexibility index (Phi) is 6.17. The molecule has 4 aromatic rings. The Bertz CT molecular complexity index is 1260. The topological polar surface area (TPSA) is 126 Å². The molecular formula is C21H16FN5O4S. The quantitative estimate of drug-likeness (QED) is 0.170. The first-order valence-corrected chi connectivity index (χ1v) is 10.2. The van der Waals surface area contributed by atoms with Gasteiger partial charge in [0.25, 0.3) is 5.91 Å². The lowest BCUT2D eigenvalue weighted by molar-refractivity contribution is -0.118. The van der Waals surface area contributed by atoms with Crippen molar-refractivity contribution in [2.45, 2.75) is 5.16 Å². The third-order valence-corrected chi connectivity index (χ3v) is 5.16. The zero-order valence-electron chi connectivity index (χ0n) is 16.3. The molecule has 2 heterocycles. The van der Waals surface area contributed by atoms with Crippen molar-refractivity contribution in [1.29, 1.82) is 0 Å². The number of nitrogens with zero attached hydrogens (tertiary/aromatic N) is 4. The second-order valence-electron chi connectivity index (χ2n) is 6.39. The second kappa shape index (κ2) is 9.35. The number of thioether (sulfide) groups is 1. The molecule has 0 unspecified atom stereocenters. The number of hydrogen-bond donors (Lipinski definition) is 3. The van der Waals surface area contributed by atoms with E-state index in [2.05, 4.69) is 20.7 Å². The number of phenols is 2. The number of aromatic nitrogens is 3. The second-order valence-corrected chi connectivity index (χ2v) is 7.33. The van der Waals surface area contributed by atoms with Crippen LogP contribution in [0.15, 0.2) is 75.5 Å². The molecule has 2 aromatic carbocycles. The molecule has 11 heteroatoms. The lowest BCUT2D eigenvalue weighted by atomic mass is 10.2. The van der Waals surface area contributed by atoms with Crippen LogP contribution >= 0.6 is 11.8 Å². The van der Waals surface area contributed by atoms with Crippen LogP contribution in [0.4, 0.5) is 4.39 Å². The molecule has 32 heavy (non-hydrogen) atoms. The fourth-order valence-electron chi connectivity index (χ4n) is 2.74. The first-order valence-electron chi connectivity index (χ1n) is 9.24. The van der Waals surface area contributed by atoms with E-state index in [0.29, 0.717) is 22.4 Å². The summed E-state index contributed by atoms with van der Waals surface area (Å²) >= 11 is 1.10. The Balaban J connectivity index is 1.48. The molecule has 9 nitrogen and oxygen atoms in total. The minimum atomic E-state index is -0.431. The van der Waals surface area contributed by atoms with Crippen molar-refractivity contribution in [2.24, 2.45) is 5.10 Å². The highest BCUT2D eigenvalue weighted by Gasteiger charge is 2.19. The molecule has 0 fully saturated rings. The van der Waals surface area contributed by atoms with E-state index in [1.54, 1.807) is 28.8 Å². The van der Waals surface area contributed by atoms with E-state index in [1.807, 2.05) is 0 Å². The summed E-state index contributed by atoms with van der Waals surface area (Å²) in [4.78, 5) is 12.2. The molecule has 3 N–H and O–H groups in total. The van der Waals surface area contributed by atoms with Gasteiger partial charge in [-0.15, -0.1) is 10.2 Å². The maximum absolute atomic E-state index is 13.4. The number of amides is 1. The highest BCUT2D eigenvalue weighted by molar-refractivity contribution is 7.99. The van der Waals surface area contributed by atoms with Crippen LogP contribution < -0.4 is 5.43 Å². The van der Waals surface area contributed by atoms with E-state index in [1.165, 1.54) is 42.8 Å². The standard InChI is InChI=1S/C21H16FN5O4S/c22-14-6-8-15(9-7-14)27-20(17-5-2-10-31-17)25-26-21(27)32-12-18(29)24-23-11-13-3-1-4-16(28)19(13)30/h1-11,28,30H,12H2,(H,24,29). The van der Waals surface area contributed by atoms with Gasteiger partial charge < -0.3 is 14.6 Å². The Hall–Kier alpha value is -4.12. The number of nitrogens with one attached hydrogen (secondary N) is 1. The summed E-state index contributed by atoms with van der Waals surface area (Å²) in [5.74, 6) is -0.609. The number of benzene rings is 2. The molecular weight excluding hydrogens is 437 g/mol. The fraction of sp³-hybridized carbons (Fsp3) is 0.0476. The van der Waals surface area contributed by atoms with Crippen LogP contribution in [0, 0.1) is 5.82 Å². The van der Waals surface area contributed by atoms with Crippen molar-refractivity contribution in [3.05, 3.63) is 72.2 Å². The van der Waals surface area contributed by atoms with E-state index in [9.17, 15) is 19.4 Å². The van der Waals surface area contributed by atoms with E-state index in [4.69, 9.17) is 4.42 Å². The van der Waals surface area contributed by atoms with Gasteiger partial charge in [0.05, 0.1) is 23.9 Å². The zero-order valence-corrected chi connectivity index (χ0v) is 17.2. The normalized spacial score (nSPS) is 11.2. The van der Waals surface area contributed by atoms with Gasteiger partial charge in [0.1, 0.15) is 5.82 Å². The van der Waals surface area contributed by atoms with Crippen molar-refractivity contribution < 1.29 is 23.8 Å². The van der Waals surface area contributed by atoms with E-state index in [-0.39, 0.29) is 28.6 Å². The highest BCUT2D eigenvalue weighted by Crippen LogP contribution is 2.28. The molecule has 0 atom stereocenters. The predicted octanol–water partition coefficient (Wildman–Crippen LogP) is 3.32. The van der Waals surface area contributed by atoms with Crippen LogP contribution in [0.3, 0.4) is 0 Å². The van der Waals surface area contributed by atoms with Crippen LogP contribution in [0.1, 0.15) is 5.56 Å². The number of carbonyl (C=O) groups excluding carboxylic acids is 1. The Labute approximate surface area is 185 Å². The number of carbonyl (C=O) groups is 1. The third-order valence-electron chi connectivity index (χ3n) is 4.23. The van der Waals surface area contributed by atoms with Gasteiger partial charge in [0, 0.05) is 5.56 Å². The monoisotopic (exact) mass is 453 g/mol. The summed E-state index contributed by atoms with van der Waals surface area (Å²) < 4.78 is 20.5. The largest absolute Gasteiger partial charge is 0.504 e. The molecule has 0 radical (unpaired) electrons. The van der Waals surface area contributed by atoms with Gasteiger partial charge in [-0.3, -0.25) is 9.36 Å². The smallest absolute Gasteiger partial charge is 0.250 e. The van der Waals surface area contributed by atoms with Gasteiger partial charge in [-0.05, 0) is 48.5 Å². The number of furan rings is 1. The van der Waals surface area contributed by atoms with E-state index in [0.717, 1.165) is 11.8 Å². The van der Waals surface area contributed by atoms with Crippen molar-refractivity contribution in [3.8, 4) is 28.8 Å². The Morgan fingerprint density at radius 3 is 2.72 bits per heavy atom. The average Bonchev–Trinajstić information content (AvgIpc) is 3.46. The van der Waals surface area contributed by atoms with Crippen molar-refractivity contribution in [1.82, 2.24) is 20.2 Å². The average molecular weight is 453 g/mol. The van der Waals surface area contributed by atoms with Gasteiger partial charge in [-0.25, -0.2) is 9.82 Å². The number of aromatic hydroxyl groups is 2. The predicted molar refractivity (Wildman–Crippen MR) is 115 cm³/mol. The number of hydrogen-bond acceptors (Lipinski definition) is 8. The Morgan fingerprint density at radius 2 is 1.97 bits per heavy atom. The fourth-order valence-corrected chi connectivity index (χ4v) is 3.49. The van der Waals surface area contributed by atoms with Crippen LogP contribution in [0.25, 0.3) is 17.3 Å². The molecule has 0 saturated carbocycles. The summed E-state index contributed by atoms with van der Waals surface area (Å²) in [5.41, 5.74) is 3.19. The molecule has 0 aliphatic heterocycles. The number of hydrazone groups is 1. The summed E-state index contributed by atoms with van der Waals surface area (Å²) in [7, 11) is 0. The highest BCUT2D eigenvalue weighted by atomic mass is 32.2. The lowest BCUT2D eigenvalue weighted by Gasteiger charge is -2.09. The van der Waals surface area contributed by atoms with E-state index < -0.39 is 5.91 Å². The molecule has 0 aliphatic rings. The minimum absolute atomic E-state index is 0.0408. The maximum atomic E-state index is 13.4. The minimum Gasteiger partial charge on any atom is -0.504 e. The number of phenolic OH excluding ortho intramolecular Hbond substituents is 2. The molecule has 0 bridgehead atoms. The molecule has 0 saturated heterocycles. The van der Waals surface area contributed by atoms with E-state index >= 15 is 0 Å². The van der Waals surface area contributed by atoms with Gasteiger partial charge in [-0.1, -0.05) is 17.8 Å². The van der Waals surface area contributed by atoms with Gasteiger partial charge in [-0.2, -0.15) is 5.10 Å². The first-order chi connectivity index (χ1) is 15.5. The van der Waals surface area contributed by atoms with Gasteiger partial charge in [0.15, 0.2) is 22.4 Å². The number of halogens is 1. The Morgan fingerprint density at radius 1 is 1.16 bits per heavy atom. The van der Waals surface area contributed by atoms with Crippen molar-refractivity contribution in [3.63, 3.8) is 0 Å². The maximum Gasteiger partial charge on any atom is 0.250 e. The SMILES string of the molecule is O=C(CSc1nnc(-c2ccco2)n1-c1ccc(F)cc1)NN=Cc1cccc(O)c1O. The zero-order chi connectivity index (χ0) is 22.5. The summed E-state index contributed by atoms with van der Waals surface area (Å²) in [6, 6.07) is 13.6. The molecule has 162 valence electrons. The molecule has 0 spiro atoms. The lowest BCUT2D eigenvalue weighted by Crippen LogP contribution is -2.20. The van der Waals surface area contributed by atoms with Crippen molar-refractivity contribution in [2.75, 3.05) is 5.75 Å². The molecule has 1 amide bonds. The van der Waals surface area contributed by atoms with Crippen LogP contribution in [0.5, 0.6) is 11.5 Å². The number of rotatable bonds is 7.